The third-order valence-electron chi connectivity index (χ3n) is 3.77. The van der Waals surface area contributed by atoms with Crippen molar-refractivity contribution in [3.8, 4) is 0 Å². The summed E-state index contributed by atoms with van der Waals surface area (Å²) in [6.07, 6.45) is 6.07. The molecule has 0 heterocycles. The van der Waals surface area contributed by atoms with Crippen LogP contribution in [0.25, 0.3) is 0 Å². The van der Waals surface area contributed by atoms with Crippen LogP contribution in [0, 0.1) is 11.8 Å². The Hall–Kier alpha value is -0.0400. The van der Waals surface area contributed by atoms with Crippen molar-refractivity contribution in [2.75, 3.05) is 13.6 Å². The van der Waals surface area contributed by atoms with Crippen molar-refractivity contribution >= 4 is 0 Å². The Morgan fingerprint density at radius 3 is 2.55 bits per heavy atom. The van der Waals surface area contributed by atoms with Gasteiger partial charge < -0.3 is 4.90 Å². The maximum Gasteiger partial charge on any atom is 0.0123 e. The summed E-state index contributed by atoms with van der Waals surface area (Å²) in [6, 6.07) is 0.943. The van der Waals surface area contributed by atoms with Gasteiger partial charge in [0.1, 0.15) is 0 Å². The van der Waals surface area contributed by atoms with Crippen LogP contribution in [0.5, 0.6) is 0 Å². The second kappa shape index (κ2) is 2.78. The predicted molar refractivity (Wildman–Crippen MR) is 47.5 cm³/mol. The normalized spacial score (nSPS) is 42.3. The van der Waals surface area contributed by atoms with Gasteiger partial charge in [-0.15, -0.1) is 0 Å². The van der Waals surface area contributed by atoms with E-state index in [4.69, 9.17) is 0 Å². The Morgan fingerprint density at radius 2 is 2.09 bits per heavy atom. The predicted octanol–water partition coefficient (Wildman–Crippen LogP) is 2.13. The molecule has 11 heavy (non-hydrogen) atoms. The quantitative estimate of drug-likeness (QED) is 0.587. The Labute approximate surface area is 69.8 Å². The maximum absolute atomic E-state index is 2.55. The van der Waals surface area contributed by atoms with Crippen molar-refractivity contribution in [1.82, 2.24) is 4.90 Å². The number of hydrogen-bond acceptors (Lipinski definition) is 1. The van der Waals surface area contributed by atoms with Crippen molar-refractivity contribution in [3.05, 3.63) is 0 Å². The topological polar surface area (TPSA) is 3.24 Å². The van der Waals surface area contributed by atoms with Crippen LogP contribution >= 0.6 is 0 Å². The standard InChI is InChI=1S/C10H19N/c1-3-11(2)10-7-8-4-5-9(10)6-8/h8-10H,3-7H2,1-2H3. The first-order valence-corrected chi connectivity index (χ1v) is 5.01. The van der Waals surface area contributed by atoms with Gasteiger partial charge in [-0.25, -0.2) is 0 Å². The van der Waals surface area contributed by atoms with E-state index in [0.29, 0.717) is 0 Å². The number of fused-ring (bicyclic) bond motifs is 2. The number of nitrogens with zero attached hydrogens (tertiary/aromatic N) is 1. The first-order chi connectivity index (χ1) is 5.31. The van der Waals surface area contributed by atoms with Gasteiger partial charge in [0.2, 0.25) is 0 Å². The summed E-state index contributed by atoms with van der Waals surface area (Å²) in [5.41, 5.74) is 0. The van der Waals surface area contributed by atoms with Gasteiger partial charge in [-0.1, -0.05) is 13.3 Å². The molecule has 2 rings (SSSR count). The van der Waals surface area contributed by atoms with E-state index < -0.39 is 0 Å². The molecular weight excluding hydrogens is 134 g/mol. The fraction of sp³-hybridized carbons (Fsp3) is 1.00. The second-order valence-electron chi connectivity index (χ2n) is 4.32. The van der Waals surface area contributed by atoms with Gasteiger partial charge in [-0.2, -0.15) is 0 Å². The van der Waals surface area contributed by atoms with Gasteiger partial charge in [0.05, 0.1) is 0 Å². The molecule has 2 saturated carbocycles. The molecule has 1 heteroatoms. The van der Waals surface area contributed by atoms with Crippen LogP contribution in [0.3, 0.4) is 0 Å². The van der Waals surface area contributed by atoms with Crippen LogP contribution in [0.15, 0.2) is 0 Å². The summed E-state index contributed by atoms with van der Waals surface area (Å²) < 4.78 is 0. The minimum Gasteiger partial charge on any atom is -0.303 e. The molecule has 0 aromatic carbocycles. The van der Waals surface area contributed by atoms with E-state index in [1.165, 1.54) is 32.2 Å². The largest absolute Gasteiger partial charge is 0.303 e. The molecule has 0 saturated heterocycles. The minimum absolute atomic E-state index is 0.943. The van der Waals surface area contributed by atoms with Crippen LogP contribution < -0.4 is 0 Å². The zero-order valence-corrected chi connectivity index (χ0v) is 7.71. The first-order valence-electron chi connectivity index (χ1n) is 5.01. The van der Waals surface area contributed by atoms with Gasteiger partial charge >= 0.3 is 0 Å². The van der Waals surface area contributed by atoms with Crippen LogP contribution in [0.4, 0.5) is 0 Å². The minimum atomic E-state index is 0.943. The van der Waals surface area contributed by atoms with E-state index in [2.05, 4.69) is 18.9 Å². The van der Waals surface area contributed by atoms with E-state index in [-0.39, 0.29) is 0 Å². The summed E-state index contributed by atoms with van der Waals surface area (Å²) in [6.45, 7) is 3.50. The molecule has 0 aliphatic heterocycles. The average Bonchev–Trinajstić information content (AvgIpc) is 2.62. The van der Waals surface area contributed by atoms with E-state index in [0.717, 1.165) is 17.9 Å². The van der Waals surface area contributed by atoms with E-state index in [1.54, 1.807) is 0 Å². The van der Waals surface area contributed by atoms with Gasteiger partial charge in [0.15, 0.2) is 0 Å². The fourth-order valence-corrected chi connectivity index (χ4v) is 2.99. The summed E-state index contributed by atoms with van der Waals surface area (Å²) >= 11 is 0. The van der Waals surface area contributed by atoms with Crippen molar-refractivity contribution in [1.29, 1.82) is 0 Å². The van der Waals surface area contributed by atoms with Crippen LogP contribution in [-0.2, 0) is 0 Å². The smallest absolute Gasteiger partial charge is 0.0123 e. The van der Waals surface area contributed by atoms with E-state index in [9.17, 15) is 0 Å². The van der Waals surface area contributed by atoms with E-state index >= 15 is 0 Å². The summed E-state index contributed by atoms with van der Waals surface area (Å²) in [4.78, 5) is 2.55. The molecular formula is C10H19N. The van der Waals surface area contributed by atoms with Crippen molar-refractivity contribution in [2.24, 2.45) is 11.8 Å². The molecule has 0 radical (unpaired) electrons. The highest BCUT2D eigenvalue weighted by Crippen LogP contribution is 2.46. The monoisotopic (exact) mass is 153 g/mol. The van der Waals surface area contributed by atoms with Crippen molar-refractivity contribution < 1.29 is 0 Å². The molecule has 3 unspecified atom stereocenters. The number of rotatable bonds is 2. The Bertz CT molecular complexity index is 144. The highest BCUT2D eigenvalue weighted by molar-refractivity contribution is 4.94. The van der Waals surface area contributed by atoms with Crippen LogP contribution in [0.2, 0.25) is 0 Å². The maximum atomic E-state index is 2.55. The second-order valence-corrected chi connectivity index (χ2v) is 4.32. The summed E-state index contributed by atoms with van der Waals surface area (Å²) in [5, 5.41) is 0. The lowest BCUT2D eigenvalue weighted by molar-refractivity contribution is 0.184. The first kappa shape index (κ1) is 7.60. The van der Waals surface area contributed by atoms with Crippen molar-refractivity contribution in [3.63, 3.8) is 0 Å². The molecule has 3 atom stereocenters. The van der Waals surface area contributed by atoms with Crippen molar-refractivity contribution in [2.45, 2.75) is 38.6 Å². The van der Waals surface area contributed by atoms with Gasteiger partial charge in [-0.3, -0.25) is 0 Å². The van der Waals surface area contributed by atoms with Gasteiger partial charge in [-0.05, 0) is 44.7 Å². The zero-order valence-electron chi connectivity index (χ0n) is 7.71. The Morgan fingerprint density at radius 1 is 1.27 bits per heavy atom. The van der Waals surface area contributed by atoms with E-state index in [1.807, 2.05) is 0 Å². The lowest BCUT2D eigenvalue weighted by Crippen LogP contribution is -2.35. The molecule has 0 aromatic rings. The van der Waals surface area contributed by atoms with Gasteiger partial charge in [0.25, 0.3) is 0 Å². The van der Waals surface area contributed by atoms with Gasteiger partial charge in [0, 0.05) is 6.04 Å². The molecule has 1 nitrogen and oxygen atoms in total. The third-order valence-corrected chi connectivity index (χ3v) is 3.77. The molecule has 0 amide bonds. The fourth-order valence-electron chi connectivity index (χ4n) is 2.99. The molecule has 0 aromatic heterocycles. The molecule has 0 spiro atoms. The SMILES string of the molecule is CCN(C)C1CC2CCC1C2. The Kier molecular flexibility index (Phi) is 1.92. The highest BCUT2D eigenvalue weighted by Gasteiger charge is 2.40. The molecule has 2 aliphatic carbocycles. The summed E-state index contributed by atoms with van der Waals surface area (Å²) in [5.74, 6) is 2.16. The molecule has 2 fully saturated rings. The third kappa shape index (κ3) is 1.20. The average molecular weight is 153 g/mol. The summed E-state index contributed by atoms with van der Waals surface area (Å²) in [7, 11) is 2.28. The molecule has 2 bridgehead atoms. The zero-order chi connectivity index (χ0) is 7.84. The number of hydrogen-bond donors (Lipinski definition) is 0. The lowest BCUT2D eigenvalue weighted by Gasteiger charge is -2.30. The van der Waals surface area contributed by atoms with Crippen LogP contribution in [0.1, 0.15) is 32.6 Å². The molecule has 64 valence electrons. The molecule has 2 aliphatic rings. The lowest BCUT2D eigenvalue weighted by atomic mass is 9.94. The Balaban J connectivity index is 1.96. The highest BCUT2D eigenvalue weighted by atomic mass is 15.1. The van der Waals surface area contributed by atoms with Crippen LogP contribution in [-0.4, -0.2) is 24.5 Å². The molecule has 0 N–H and O–H groups in total.